The maximum absolute atomic E-state index is 11.6. The Balaban J connectivity index is 3.52. The molecule has 5 nitrogen and oxygen atoms in total. The summed E-state index contributed by atoms with van der Waals surface area (Å²) in [5.41, 5.74) is 0. The van der Waals surface area contributed by atoms with E-state index >= 15 is 0 Å². The van der Waals surface area contributed by atoms with Gasteiger partial charge in [-0.2, -0.15) is 0 Å². The van der Waals surface area contributed by atoms with Gasteiger partial charge in [0, 0.05) is 13.3 Å². The average Bonchev–Trinajstić information content (AvgIpc) is 2.58. The lowest BCUT2D eigenvalue weighted by atomic mass is 10.0. The zero-order valence-electron chi connectivity index (χ0n) is 19.5. The first-order valence-corrected chi connectivity index (χ1v) is 16.5. The summed E-state index contributed by atoms with van der Waals surface area (Å²) in [7, 11) is -6.41. The molecule has 0 saturated heterocycles. The first-order valence-electron chi connectivity index (χ1n) is 11.9. The molecule has 0 fully saturated rings. The highest BCUT2D eigenvalue weighted by atomic mass is 31.2. The van der Waals surface area contributed by atoms with E-state index in [0.29, 0.717) is 6.54 Å². The number of unbranched alkanes of at least 4 members (excludes halogenated alkanes) is 15. The average molecular weight is 454 g/mol. The van der Waals surface area contributed by atoms with Crippen LogP contribution >= 0.6 is 14.7 Å². The molecule has 0 saturated carbocycles. The highest BCUT2D eigenvalue weighted by molar-refractivity contribution is 7.58. The van der Waals surface area contributed by atoms with Crippen LogP contribution < -0.4 is 0 Å². The quantitative estimate of drug-likeness (QED) is 0.141. The molecule has 0 rings (SSSR count). The zero-order valence-corrected chi connectivity index (χ0v) is 21.3. The minimum absolute atomic E-state index is 0.00410. The van der Waals surface area contributed by atoms with Crippen molar-refractivity contribution < 1.29 is 18.9 Å². The van der Waals surface area contributed by atoms with E-state index in [0.717, 1.165) is 12.8 Å². The highest BCUT2D eigenvalue weighted by Gasteiger charge is 2.22. The number of rotatable bonds is 21. The molecule has 0 heterocycles. The Bertz CT molecular complexity index is 438. The van der Waals surface area contributed by atoms with Gasteiger partial charge in [-0.3, -0.25) is 14.0 Å². The van der Waals surface area contributed by atoms with Gasteiger partial charge in [-0.25, -0.2) is 0 Å². The Kier molecular flexibility index (Phi) is 18.2. The van der Waals surface area contributed by atoms with Gasteiger partial charge in [-0.05, 0) is 13.0 Å². The monoisotopic (exact) mass is 453 g/mol. The van der Waals surface area contributed by atoms with E-state index in [9.17, 15) is 18.9 Å². The third-order valence-corrected chi connectivity index (χ3v) is 7.10. The van der Waals surface area contributed by atoms with Gasteiger partial charge in [0.15, 0.2) is 0 Å². The van der Waals surface area contributed by atoms with E-state index in [1.165, 1.54) is 103 Å². The van der Waals surface area contributed by atoms with Crippen LogP contribution in [0.4, 0.5) is 0 Å². The van der Waals surface area contributed by atoms with Crippen LogP contribution in [-0.2, 0) is 9.13 Å². The van der Waals surface area contributed by atoms with Crippen LogP contribution in [0.1, 0.15) is 110 Å². The Hall–Kier alpha value is 0.340. The van der Waals surface area contributed by atoms with Crippen LogP contribution in [0.2, 0.25) is 0 Å². The van der Waals surface area contributed by atoms with Crippen molar-refractivity contribution in [2.45, 2.75) is 110 Å². The van der Waals surface area contributed by atoms with E-state index in [1.807, 2.05) is 0 Å². The Labute approximate surface area is 181 Å². The van der Waals surface area contributed by atoms with Crippen LogP contribution in [0.25, 0.3) is 0 Å². The minimum Gasteiger partial charge on any atom is -0.344 e. The van der Waals surface area contributed by atoms with Crippen molar-refractivity contribution >= 4 is 14.7 Å². The van der Waals surface area contributed by atoms with Crippen LogP contribution in [0.3, 0.4) is 0 Å². The Morgan fingerprint density at radius 1 is 0.552 bits per heavy atom. The molecule has 0 aromatic heterocycles. The van der Waals surface area contributed by atoms with Crippen LogP contribution in [0.15, 0.2) is 0 Å². The standard InChI is InChI=1S/C22H49NO4P2/c1-4-5-6-7-8-9-10-11-12-13-14-15-16-17-18-19-20-23(21-28(2,24)25)22-29(3,26)27/h4-22H2,1-3H3,(H,24,25)(H,26,27). The maximum atomic E-state index is 11.6. The summed E-state index contributed by atoms with van der Waals surface area (Å²) in [6.07, 6.45) is 21.0. The van der Waals surface area contributed by atoms with Crippen LogP contribution in [-0.4, -0.2) is 47.1 Å². The lowest BCUT2D eigenvalue weighted by molar-refractivity contribution is 0.320. The lowest BCUT2D eigenvalue weighted by Crippen LogP contribution is -2.27. The van der Waals surface area contributed by atoms with E-state index in [1.54, 1.807) is 4.90 Å². The van der Waals surface area contributed by atoms with Crippen molar-refractivity contribution in [3.63, 3.8) is 0 Å². The smallest absolute Gasteiger partial charge is 0.211 e. The van der Waals surface area contributed by atoms with Gasteiger partial charge < -0.3 is 9.79 Å². The zero-order chi connectivity index (χ0) is 22.0. The summed E-state index contributed by atoms with van der Waals surface area (Å²) in [5, 5.41) is 0. The Morgan fingerprint density at radius 3 is 1.10 bits per heavy atom. The van der Waals surface area contributed by atoms with Crippen molar-refractivity contribution in [1.29, 1.82) is 0 Å². The van der Waals surface area contributed by atoms with Gasteiger partial charge >= 0.3 is 0 Å². The van der Waals surface area contributed by atoms with Crippen molar-refractivity contribution in [1.82, 2.24) is 4.90 Å². The molecule has 0 aliphatic carbocycles. The molecule has 0 aromatic carbocycles. The van der Waals surface area contributed by atoms with E-state index in [2.05, 4.69) is 6.92 Å². The summed E-state index contributed by atoms with van der Waals surface area (Å²) in [6.45, 7) is 5.51. The van der Waals surface area contributed by atoms with Gasteiger partial charge in [0.2, 0.25) is 14.7 Å². The van der Waals surface area contributed by atoms with Crippen molar-refractivity contribution in [2.75, 3.05) is 32.4 Å². The molecular formula is C22H49NO4P2. The maximum Gasteiger partial charge on any atom is 0.211 e. The molecule has 0 radical (unpaired) electrons. The largest absolute Gasteiger partial charge is 0.344 e. The first kappa shape index (κ1) is 29.3. The topological polar surface area (TPSA) is 77.8 Å². The van der Waals surface area contributed by atoms with Crippen LogP contribution in [0.5, 0.6) is 0 Å². The molecule has 2 N–H and O–H groups in total. The molecule has 29 heavy (non-hydrogen) atoms. The second-order valence-electron chi connectivity index (χ2n) is 9.08. The normalized spacial score (nSPS) is 16.1. The van der Waals surface area contributed by atoms with Crippen molar-refractivity contribution in [3.8, 4) is 0 Å². The third-order valence-electron chi connectivity index (χ3n) is 5.25. The van der Waals surface area contributed by atoms with Gasteiger partial charge in [0.1, 0.15) is 0 Å². The fourth-order valence-corrected chi connectivity index (χ4v) is 5.94. The minimum atomic E-state index is -3.21. The summed E-state index contributed by atoms with van der Waals surface area (Å²) in [5.74, 6) is 0. The fraction of sp³-hybridized carbons (Fsp3) is 1.00. The summed E-state index contributed by atoms with van der Waals surface area (Å²) in [6, 6.07) is 0. The van der Waals surface area contributed by atoms with Gasteiger partial charge in [0.05, 0.1) is 12.6 Å². The molecule has 0 aliphatic heterocycles. The number of hydrogen-bond acceptors (Lipinski definition) is 3. The second-order valence-corrected chi connectivity index (χ2v) is 13.9. The molecule has 2 atom stereocenters. The van der Waals surface area contributed by atoms with Crippen LogP contribution in [0, 0.1) is 0 Å². The number of nitrogens with zero attached hydrogens (tertiary/aromatic N) is 1. The van der Waals surface area contributed by atoms with Gasteiger partial charge in [-0.1, -0.05) is 103 Å². The fourth-order valence-electron chi connectivity index (χ4n) is 3.81. The van der Waals surface area contributed by atoms with E-state index < -0.39 is 14.7 Å². The third kappa shape index (κ3) is 24.5. The van der Waals surface area contributed by atoms with Gasteiger partial charge in [-0.15, -0.1) is 0 Å². The number of hydrogen-bond donors (Lipinski definition) is 2. The summed E-state index contributed by atoms with van der Waals surface area (Å²) in [4.78, 5) is 20.8. The molecule has 0 spiro atoms. The highest BCUT2D eigenvalue weighted by Crippen LogP contribution is 2.41. The lowest BCUT2D eigenvalue weighted by Gasteiger charge is -2.24. The SMILES string of the molecule is CCCCCCCCCCCCCCCCCCN(CP(C)(=O)O)CP(C)(=O)O. The predicted octanol–water partition coefficient (Wildman–Crippen LogP) is 7.27. The van der Waals surface area contributed by atoms with Crippen molar-refractivity contribution in [3.05, 3.63) is 0 Å². The molecule has 176 valence electrons. The van der Waals surface area contributed by atoms with Gasteiger partial charge in [0.25, 0.3) is 0 Å². The molecule has 0 aliphatic rings. The molecule has 0 bridgehead atoms. The predicted molar refractivity (Wildman–Crippen MR) is 127 cm³/mol. The summed E-state index contributed by atoms with van der Waals surface area (Å²) < 4.78 is 23.3. The summed E-state index contributed by atoms with van der Waals surface area (Å²) >= 11 is 0. The first-order chi connectivity index (χ1) is 13.6. The van der Waals surface area contributed by atoms with Crippen molar-refractivity contribution in [2.24, 2.45) is 0 Å². The molecule has 0 aromatic rings. The molecular weight excluding hydrogens is 404 g/mol. The molecule has 2 unspecified atom stereocenters. The van der Waals surface area contributed by atoms with E-state index in [4.69, 9.17) is 0 Å². The second kappa shape index (κ2) is 18.0. The molecule has 7 heteroatoms. The molecule has 0 amide bonds. The Morgan fingerprint density at radius 2 is 0.828 bits per heavy atom. The van der Waals surface area contributed by atoms with E-state index in [-0.39, 0.29) is 12.6 Å².